The number of rotatable bonds is 1. The third-order valence-corrected chi connectivity index (χ3v) is 1.27. The highest BCUT2D eigenvalue weighted by Crippen LogP contribution is 2.17. The molecule has 0 aliphatic carbocycles. The first-order valence-corrected chi connectivity index (χ1v) is 3.48. The summed E-state index contributed by atoms with van der Waals surface area (Å²) in [5.74, 6) is 0.181. The Balaban J connectivity index is 2.99. The Morgan fingerprint density at radius 2 is 2.17 bits per heavy atom. The second-order valence-electron chi connectivity index (χ2n) is 1.95. The SMILES string of the molecule is N#Cc1ccccc1OC(=O)Cl. The molecule has 0 unspecified atom stereocenters. The first-order valence-electron chi connectivity index (χ1n) is 3.10. The first-order chi connectivity index (χ1) is 5.74. The number of hydrogen-bond acceptors (Lipinski definition) is 3. The molecule has 1 aromatic rings. The van der Waals surface area contributed by atoms with Gasteiger partial charge < -0.3 is 4.74 Å². The van der Waals surface area contributed by atoms with Gasteiger partial charge in [-0.15, -0.1) is 0 Å². The van der Waals surface area contributed by atoms with Crippen LogP contribution in [0.5, 0.6) is 5.75 Å². The topological polar surface area (TPSA) is 50.1 Å². The summed E-state index contributed by atoms with van der Waals surface area (Å²) in [5.41, 5.74) is -0.663. The molecule has 0 aliphatic rings. The molecule has 0 amide bonds. The quantitative estimate of drug-likeness (QED) is 0.625. The Kier molecular flexibility index (Phi) is 2.67. The molecule has 0 spiro atoms. The summed E-state index contributed by atoms with van der Waals surface area (Å²) < 4.78 is 4.54. The fourth-order valence-corrected chi connectivity index (χ4v) is 0.818. The molecule has 0 saturated heterocycles. The molecular formula is C8H4ClNO2. The molecule has 4 heteroatoms. The molecule has 0 aliphatic heterocycles. The molecule has 0 atom stereocenters. The highest BCUT2D eigenvalue weighted by atomic mass is 35.5. The summed E-state index contributed by atoms with van der Waals surface area (Å²) in [6.07, 6.45) is 0. The molecule has 3 nitrogen and oxygen atoms in total. The minimum atomic E-state index is -0.947. The normalized spacial score (nSPS) is 8.67. The van der Waals surface area contributed by atoms with E-state index < -0.39 is 5.43 Å². The molecular weight excluding hydrogens is 178 g/mol. The van der Waals surface area contributed by atoms with Gasteiger partial charge in [0.25, 0.3) is 0 Å². The maximum absolute atomic E-state index is 10.3. The number of carbonyl (C=O) groups excluding carboxylic acids is 1. The molecule has 0 bridgehead atoms. The van der Waals surface area contributed by atoms with Crippen molar-refractivity contribution < 1.29 is 9.53 Å². The molecule has 1 aromatic carbocycles. The fourth-order valence-electron chi connectivity index (χ4n) is 0.734. The van der Waals surface area contributed by atoms with E-state index >= 15 is 0 Å². The van der Waals surface area contributed by atoms with E-state index in [1.807, 2.05) is 6.07 Å². The zero-order valence-corrected chi connectivity index (χ0v) is 6.71. The van der Waals surface area contributed by atoms with Crippen molar-refractivity contribution in [2.45, 2.75) is 0 Å². The van der Waals surface area contributed by atoms with E-state index in [1.54, 1.807) is 12.1 Å². The van der Waals surface area contributed by atoms with Crippen molar-refractivity contribution in [3.8, 4) is 11.8 Å². The van der Waals surface area contributed by atoms with E-state index in [-0.39, 0.29) is 11.3 Å². The molecule has 0 aromatic heterocycles. The van der Waals surface area contributed by atoms with Gasteiger partial charge in [0.2, 0.25) is 0 Å². The molecule has 0 radical (unpaired) electrons. The van der Waals surface area contributed by atoms with Crippen LogP contribution in [-0.4, -0.2) is 5.43 Å². The lowest BCUT2D eigenvalue weighted by Gasteiger charge is -1.99. The zero-order chi connectivity index (χ0) is 8.97. The first kappa shape index (κ1) is 8.57. The highest BCUT2D eigenvalue weighted by molar-refractivity contribution is 6.61. The number of nitrogens with zero attached hydrogens (tertiary/aromatic N) is 1. The van der Waals surface area contributed by atoms with E-state index in [2.05, 4.69) is 4.74 Å². The highest BCUT2D eigenvalue weighted by Gasteiger charge is 2.04. The molecule has 12 heavy (non-hydrogen) atoms. The third-order valence-electron chi connectivity index (χ3n) is 1.20. The van der Waals surface area contributed by atoms with Crippen LogP contribution >= 0.6 is 11.6 Å². The monoisotopic (exact) mass is 181 g/mol. The Morgan fingerprint density at radius 1 is 1.50 bits per heavy atom. The van der Waals surface area contributed by atoms with Crippen LogP contribution in [0.25, 0.3) is 0 Å². The maximum Gasteiger partial charge on any atom is 0.409 e. The van der Waals surface area contributed by atoms with Crippen LogP contribution in [0.1, 0.15) is 5.56 Å². The van der Waals surface area contributed by atoms with Crippen molar-refractivity contribution >= 4 is 17.0 Å². The van der Waals surface area contributed by atoms with Crippen molar-refractivity contribution in [3.05, 3.63) is 29.8 Å². The minimum Gasteiger partial charge on any atom is -0.413 e. The van der Waals surface area contributed by atoms with Crippen LogP contribution in [0.4, 0.5) is 4.79 Å². The lowest BCUT2D eigenvalue weighted by atomic mass is 10.2. The lowest BCUT2D eigenvalue weighted by molar-refractivity contribution is 0.225. The van der Waals surface area contributed by atoms with Gasteiger partial charge in [0.1, 0.15) is 11.8 Å². The summed E-state index contributed by atoms with van der Waals surface area (Å²) in [7, 11) is 0. The molecule has 0 fully saturated rings. The van der Waals surface area contributed by atoms with Crippen LogP contribution < -0.4 is 4.74 Å². The van der Waals surface area contributed by atoms with Crippen molar-refractivity contribution in [2.24, 2.45) is 0 Å². The predicted molar refractivity (Wildman–Crippen MR) is 43.0 cm³/mol. The van der Waals surface area contributed by atoms with E-state index in [1.165, 1.54) is 12.1 Å². The molecule has 60 valence electrons. The third kappa shape index (κ3) is 1.97. The molecule has 1 rings (SSSR count). The van der Waals surface area contributed by atoms with Gasteiger partial charge in [-0.3, -0.25) is 0 Å². The lowest BCUT2D eigenvalue weighted by Crippen LogP contribution is -1.97. The fraction of sp³-hybridized carbons (Fsp3) is 0. The van der Waals surface area contributed by atoms with Crippen LogP contribution in [0.2, 0.25) is 0 Å². The number of carbonyl (C=O) groups is 1. The van der Waals surface area contributed by atoms with Gasteiger partial charge in [-0.1, -0.05) is 12.1 Å². The van der Waals surface area contributed by atoms with Gasteiger partial charge in [-0.25, -0.2) is 4.79 Å². The zero-order valence-electron chi connectivity index (χ0n) is 5.95. The largest absolute Gasteiger partial charge is 0.413 e. The van der Waals surface area contributed by atoms with Crippen molar-refractivity contribution in [1.29, 1.82) is 5.26 Å². The Morgan fingerprint density at radius 3 is 2.75 bits per heavy atom. The summed E-state index contributed by atoms with van der Waals surface area (Å²) in [4.78, 5) is 10.3. The van der Waals surface area contributed by atoms with Crippen LogP contribution in [0.3, 0.4) is 0 Å². The number of ether oxygens (including phenoxy) is 1. The number of halogens is 1. The van der Waals surface area contributed by atoms with Crippen LogP contribution in [0, 0.1) is 11.3 Å². The molecule has 0 heterocycles. The van der Waals surface area contributed by atoms with E-state index in [4.69, 9.17) is 16.9 Å². The summed E-state index contributed by atoms with van der Waals surface area (Å²) in [6, 6.07) is 8.22. The van der Waals surface area contributed by atoms with Crippen LogP contribution in [0.15, 0.2) is 24.3 Å². The Hall–Kier alpha value is -1.53. The second kappa shape index (κ2) is 3.74. The number of nitriles is 1. The average Bonchev–Trinajstić information content (AvgIpc) is 2.04. The van der Waals surface area contributed by atoms with Gasteiger partial charge >= 0.3 is 5.43 Å². The number of para-hydroxylation sites is 1. The smallest absolute Gasteiger partial charge is 0.409 e. The van der Waals surface area contributed by atoms with Gasteiger partial charge in [0.05, 0.1) is 5.56 Å². The summed E-state index contributed by atoms with van der Waals surface area (Å²) in [5, 5.41) is 8.55. The Labute approximate surface area is 74.1 Å². The van der Waals surface area contributed by atoms with Gasteiger partial charge in [0, 0.05) is 11.6 Å². The van der Waals surface area contributed by atoms with E-state index in [0.29, 0.717) is 0 Å². The van der Waals surface area contributed by atoms with Gasteiger partial charge in [0.15, 0.2) is 0 Å². The minimum absolute atomic E-state index is 0.181. The van der Waals surface area contributed by atoms with Crippen molar-refractivity contribution in [2.75, 3.05) is 0 Å². The number of hydrogen-bond donors (Lipinski definition) is 0. The van der Waals surface area contributed by atoms with Gasteiger partial charge in [-0.2, -0.15) is 5.26 Å². The van der Waals surface area contributed by atoms with Gasteiger partial charge in [-0.05, 0) is 12.1 Å². The predicted octanol–water partition coefficient (Wildman–Crippen LogP) is 2.30. The summed E-state index contributed by atoms with van der Waals surface area (Å²) in [6.45, 7) is 0. The summed E-state index contributed by atoms with van der Waals surface area (Å²) >= 11 is 4.97. The number of benzene rings is 1. The molecule has 0 N–H and O–H groups in total. The molecule has 0 saturated carbocycles. The maximum atomic E-state index is 10.3. The second-order valence-corrected chi connectivity index (χ2v) is 2.26. The standard InChI is InChI=1S/C8H4ClNO2/c9-8(11)12-7-4-2-1-3-6(7)5-10/h1-4H. The van der Waals surface area contributed by atoms with Crippen LogP contribution in [-0.2, 0) is 0 Å². The Bertz CT molecular complexity index is 343. The van der Waals surface area contributed by atoms with Crippen molar-refractivity contribution in [3.63, 3.8) is 0 Å². The van der Waals surface area contributed by atoms with E-state index in [9.17, 15) is 4.79 Å². The van der Waals surface area contributed by atoms with E-state index in [0.717, 1.165) is 0 Å². The van der Waals surface area contributed by atoms with Crippen molar-refractivity contribution in [1.82, 2.24) is 0 Å². The average molecular weight is 182 g/mol.